The lowest BCUT2D eigenvalue weighted by molar-refractivity contribution is 0.126. The maximum Gasteiger partial charge on any atom is 0.324 e. The highest BCUT2D eigenvalue weighted by Crippen LogP contribution is 2.16. The van der Waals surface area contributed by atoms with Crippen LogP contribution in [0.25, 0.3) is 0 Å². The second-order valence-electron chi connectivity index (χ2n) is 13.0. The van der Waals surface area contributed by atoms with E-state index in [4.69, 9.17) is 22.3 Å². The van der Waals surface area contributed by atoms with Crippen LogP contribution < -0.4 is 22.1 Å². The number of nitrogens with one attached hydrogen (secondary N) is 4. The summed E-state index contributed by atoms with van der Waals surface area (Å²) in [5, 5.41) is 21.9. The fraction of sp³-hybridized carbons (Fsp3) is 0.867. The molecule has 1 fully saturated rings. The molecule has 1 heterocycles. The maximum absolute atomic E-state index is 12.8. The Morgan fingerprint density at radius 1 is 0.667 bits per heavy atom. The van der Waals surface area contributed by atoms with Crippen molar-refractivity contribution in [1.82, 2.24) is 30.2 Å². The van der Waals surface area contributed by atoms with Crippen molar-refractivity contribution in [2.24, 2.45) is 11.5 Å². The van der Waals surface area contributed by atoms with Gasteiger partial charge in [0.25, 0.3) is 0 Å². The first kappa shape index (κ1) is 37.4. The third kappa shape index (κ3) is 15.0. The Morgan fingerprint density at radius 2 is 1.00 bits per heavy atom. The van der Waals surface area contributed by atoms with Crippen LogP contribution in [0, 0.1) is 10.8 Å². The quantitative estimate of drug-likeness (QED) is 0.0798. The van der Waals surface area contributed by atoms with Gasteiger partial charge in [-0.3, -0.25) is 20.6 Å². The molecule has 0 bridgehead atoms. The van der Waals surface area contributed by atoms with E-state index in [1.54, 1.807) is 0 Å². The number of amides is 4. The molecule has 0 aliphatic carbocycles. The van der Waals surface area contributed by atoms with Crippen LogP contribution in [0.5, 0.6) is 0 Å². The summed E-state index contributed by atoms with van der Waals surface area (Å²) in [5.74, 6) is -0.454. The number of guanidine groups is 2. The van der Waals surface area contributed by atoms with Gasteiger partial charge in [-0.25, -0.2) is 9.59 Å². The third-order valence-electron chi connectivity index (χ3n) is 7.95. The first-order valence-electron chi connectivity index (χ1n) is 16.0. The number of carbonyl (C=O) groups excluding carboxylic acids is 2. The van der Waals surface area contributed by atoms with E-state index in [1.807, 2.05) is 27.7 Å². The van der Waals surface area contributed by atoms with E-state index in [1.165, 1.54) is 9.80 Å². The molecule has 0 unspecified atom stereocenters. The smallest absolute Gasteiger partial charge is 0.324 e. The van der Waals surface area contributed by atoms with E-state index in [2.05, 4.69) is 34.3 Å². The summed E-state index contributed by atoms with van der Waals surface area (Å²) < 4.78 is 0. The van der Waals surface area contributed by atoms with Gasteiger partial charge in [0, 0.05) is 50.3 Å². The molecule has 42 heavy (non-hydrogen) atoms. The topological polar surface area (TPSA) is 171 Å². The van der Waals surface area contributed by atoms with Crippen LogP contribution in [-0.2, 0) is 0 Å². The van der Waals surface area contributed by atoms with Gasteiger partial charge >= 0.3 is 12.1 Å². The number of hydrogen-bond donors (Lipinski definition) is 6. The van der Waals surface area contributed by atoms with Crippen LogP contribution in [0.1, 0.15) is 106 Å². The Labute approximate surface area is 255 Å². The molecule has 12 heteroatoms. The minimum atomic E-state index is -0.341. The Kier molecular flexibility index (Phi) is 16.8. The molecule has 0 spiro atoms. The minimum Gasteiger partial charge on any atom is -0.370 e. The Morgan fingerprint density at radius 3 is 1.29 bits per heavy atom. The highest BCUT2D eigenvalue weighted by molar-refractivity contribution is 5.94. The van der Waals surface area contributed by atoms with Crippen LogP contribution in [-0.4, -0.2) is 107 Å². The fourth-order valence-corrected chi connectivity index (χ4v) is 5.28. The average Bonchev–Trinajstić information content (AvgIpc) is 2.88. The third-order valence-corrected chi connectivity index (χ3v) is 7.95. The molecule has 0 radical (unpaired) electrons. The summed E-state index contributed by atoms with van der Waals surface area (Å²) >= 11 is 0. The molecule has 1 aliphatic heterocycles. The second kappa shape index (κ2) is 18.8. The van der Waals surface area contributed by atoms with Gasteiger partial charge in [-0.15, -0.1) is 0 Å². The molecule has 0 saturated carbocycles. The molecule has 1 aliphatic rings. The van der Waals surface area contributed by atoms with Crippen molar-refractivity contribution in [2.75, 3.05) is 52.4 Å². The summed E-state index contributed by atoms with van der Waals surface area (Å²) in [4.78, 5) is 33.1. The SMILES string of the molecule is CCCCCC(C)(C)NC(=O)N(CCCN1CCN(CCCN(C(=N)N)C(=O)NC(C)(C)CCCCC)CC1)C(=N)N. The summed E-state index contributed by atoms with van der Waals surface area (Å²) in [5.41, 5.74) is 10.8. The number of nitrogens with zero attached hydrogens (tertiary/aromatic N) is 4. The van der Waals surface area contributed by atoms with E-state index >= 15 is 0 Å². The number of hydrogen-bond acceptors (Lipinski definition) is 6. The van der Waals surface area contributed by atoms with Crippen molar-refractivity contribution in [3.8, 4) is 0 Å². The van der Waals surface area contributed by atoms with E-state index in [0.717, 1.165) is 103 Å². The van der Waals surface area contributed by atoms with Crippen molar-refractivity contribution in [3.05, 3.63) is 0 Å². The summed E-state index contributed by atoms with van der Waals surface area (Å²) in [6, 6.07) is -0.607. The molecule has 244 valence electrons. The van der Waals surface area contributed by atoms with Gasteiger partial charge < -0.3 is 31.9 Å². The Balaban J connectivity index is 2.41. The van der Waals surface area contributed by atoms with Crippen molar-refractivity contribution in [3.63, 3.8) is 0 Å². The van der Waals surface area contributed by atoms with Gasteiger partial charge in [0.15, 0.2) is 11.9 Å². The first-order valence-corrected chi connectivity index (χ1v) is 16.0. The number of urea groups is 2. The van der Waals surface area contributed by atoms with Crippen molar-refractivity contribution in [2.45, 2.75) is 117 Å². The van der Waals surface area contributed by atoms with Crippen molar-refractivity contribution in [1.29, 1.82) is 10.8 Å². The highest BCUT2D eigenvalue weighted by Gasteiger charge is 2.27. The van der Waals surface area contributed by atoms with Crippen molar-refractivity contribution < 1.29 is 9.59 Å². The molecule has 0 aromatic rings. The number of rotatable bonds is 18. The lowest BCUT2D eigenvalue weighted by atomic mass is 9.97. The van der Waals surface area contributed by atoms with Gasteiger partial charge in [-0.05, 0) is 66.5 Å². The molecule has 0 atom stereocenters. The zero-order chi connectivity index (χ0) is 31.8. The van der Waals surface area contributed by atoms with Crippen LogP contribution in [0.3, 0.4) is 0 Å². The van der Waals surface area contributed by atoms with Crippen LogP contribution >= 0.6 is 0 Å². The van der Waals surface area contributed by atoms with Crippen LogP contribution in [0.2, 0.25) is 0 Å². The molecular weight excluding hydrogens is 532 g/mol. The van der Waals surface area contributed by atoms with Gasteiger partial charge in [-0.1, -0.05) is 52.4 Å². The van der Waals surface area contributed by atoms with Crippen LogP contribution in [0.4, 0.5) is 9.59 Å². The monoisotopic (exact) mass is 595 g/mol. The van der Waals surface area contributed by atoms with E-state index in [0.29, 0.717) is 13.1 Å². The molecular formula is C30H62N10O2. The molecule has 1 saturated heterocycles. The second-order valence-corrected chi connectivity index (χ2v) is 13.0. The minimum absolute atomic E-state index is 0.227. The molecule has 8 N–H and O–H groups in total. The molecule has 12 nitrogen and oxygen atoms in total. The highest BCUT2D eigenvalue weighted by atomic mass is 16.2. The number of carbonyl (C=O) groups is 2. The molecule has 4 amide bonds. The normalized spacial score (nSPS) is 14.8. The number of piperazine rings is 1. The lowest BCUT2D eigenvalue weighted by Crippen LogP contribution is -2.54. The predicted molar refractivity (Wildman–Crippen MR) is 173 cm³/mol. The number of nitrogens with two attached hydrogens (primary N) is 2. The zero-order valence-corrected chi connectivity index (χ0v) is 27.5. The zero-order valence-electron chi connectivity index (χ0n) is 27.5. The van der Waals surface area contributed by atoms with Gasteiger partial charge in [-0.2, -0.15) is 0 Å². The fourth-order valence-electron chi connectivity index (χ4n) is 5.28. The van der Waals surface area contributed by atoms with Crippen LogP contribution in [0.15, 0.2) is 0 Å². The lowest BCUT2D eigenvalue weighted by Gasteiger charge is -2.36. The van der Waals surface area contributed by atoms with E-state index in [-0.39, 0.29) is 35.1 Å². The molecule has 0 aromatic carbocycles. The van der Waals surface area contributed by atoms with Crippen molar-refractivity contribution >= 4 is 24.0 Å². The summed E-state index contributed by atoms with van der Waals surface area (Å²) in [7, 11) is 0. The Hall–Kier alpha value is -2.60. The summed E-state index contributed by atoms with van der Waals surface area (Å²) in [6.07, 6.45) is 9.89. The number of unbranched alkanes of at least 4 members (excludes halogenated alkanes) is 4. The summed E-state index contributed by atoms with van der Waals surface area (Å²) in [6.45, 7) is 18.5. The van der Waals surface area contributed by atoms with E-state index in [9.17, 15) is 9.59 Å². The average molecular weight is 595 g/mol. The van der Waals surface area contributed by atoms with Gasteiger partial charge in [0.05, 0.1) is 0 Å². The Bertz CT molecular complexity index is 772. The standard InChI is InChI=1S/C30H62N10O2/c1-7-9-11-15-29(3,4)35-27(41)39(25(31)32)19-13-17-37-21-23-38(24-22-37)18-14-20-40(26(33)34)28(42)36-30(5,6)16-12-10-8-2/h7-24H2,1-6H3,(H3,31,32)(H3,33,34)(H,35,41)(H,36,42). The maximum atomic E-state index is 12.8. The van der Waals surface area contributed by atoms with E-state index < -0.39 is 0 Å². The molecule has 0 aromatic heterocycles. The van der Waals surface area contributed by atoms with Gasteiger partial charge in [0.2, 0.25) is 0 Å². The predicted octanol–water partition coefficient (Wildman–Crippen LogP) is 3.91. The van der Waals surface area contributed by atoms with Gasteiger partial charge in [0.1, 0.15) is 0 Å². The largest absolute Gasteiger partial charge is 0.370 e. The molecule has 1 rings (SSSR count). The first-order chi connectivity index (χ1) is 19.7.